The third-order valence-electron chi connectivity index (χ3n) is 8.03. The van der Waals surface area contributed by atoms with Gasteiger partial charge in [0.1, 0.15) is 6.04 Å². The van der Waals surface area contributed by atoms with Crippen molar-refractivity contribution in [3.8, 4) is 0 Å². The van der Waals surface area contributed by atoms with Gasteiger partial charge in [-0.3, -0.25) is 0 Å². The first-order chi connectivity index (χ1) is 11.7. The van der Waals surface area contributed by atoms with Gasteiger partial charge in [-0.1, -0.05) is 20.3 Å². The lowest BCUT2D eigenvalue weighted by Gasteiger charge is -2.46. The molecule has 3 rings (SSSR count). The van der Waals surface area contributed by atoms with Crippen molar-refractivity contribution in [2.24, 2.45) is 29.1 Å². The summed E-state index contributed by atoms with van der Waals surface area (Å²) in [5, 5.41) is 30.0. The molecule has 0 aromatic heterocycles. The molecule has 0 amide bonds. The molecule has 0 aromatic carbocycles. The summed E-state index contributed by atoms with van der Waals surface area (Å²) >= 11 is 0. The molecule has 3 N–H and O–H groups in total. The molecule has 3 aliphatic rings. The van der Waals surface area contributed by atoms with Crippen LogP contribution in [0, 0.1) is 29.1 Å². The number of hydrogen-bond donors (Lipinski definition) is 3. The molecule has 0 bridgehead atoms. The van der Waals surface area contributed by atoms with Crippen LogP contribution in [0.15, 0.2) is 0 Å². The van der Waals surface area contributed by atoms with Crippen LogP contribution in [-0.4, -0.2) is 65.5 Å². The van der Waals surface area contributed by atoms with Gasteiger partial charge < -0.3 is 15.3 Å². The zero-order valence-electron chi connectivity index (χ0n) is 16.4. The quantitative estimate of drug-likeness (QED) is 0.659. The minimum atomic E-state index is -0.277. The summed E-state index contributed by atoms with van der Waals surface area (Å²) in [6.45, 7) is 4.78. The van der Waals surface area contributed by atoms with Crippen LogP contribution in [0.3, 0.4) is 0 Å². The van der Waals surface area contributed by atoms with Crippen LogP contribution in [0.25, 0.3) is 0 Å². The van der Waals surface area contributed by atoms with Crippen molar-refractivity contribution in [3.63, 3.8) is 0 Å². The van der Waals surface area contributed by atoms with Crippen LogP contribution < -0.4 is 0 Å². The Hall–Kier alpha value is -0.200. The molecule has 0 aromatic rings. The number of quaternary nitrogens is 1. The molecule has 3 fully saturated rings. The lowest BCUT2D eigenvalue weighted by molar-refractivity contribution is -1.08. The molecule has 0 radical (unpaired) electrons. The second kappa shape index (κ2) is 7.08. The van der Waals surface area contributed by atoms with Crippen molar-refractivity contribution in [1.29, 1.82) is 0 Å². The molecular formula is C20H38NO4+. The summed E-state index contributed by atoms with van der Waals surface area (Å²) in [7, 11) is 4.08. The van der Waals surface area contributed by atoms with E-state index in [1.165, 1.54) is 12.8 Å². The molecule has 0 spiro atoms. The van der Waals surface area contributed by atoms with Gasteiger partial charge in [0.2, 0.25) is 0 Å². The Morgan fingerprint density at radius 3 is 2.52 bits per heavy atom. The van der Waals surface area contributed by atoms with Gasteiger partial charge in [-0.05, 0) is 48.9 Å². The van der Waals surface area contributed by atoms with Crippen molar-refractivity contribution in [1.82, 2.24) is 0 Å². The van der Waals surface area contributed by atoms with E-state index in [-0.39, 0.29) is 42.8 Å². The Morgan fingerprint density at radius 2 is 1.88 bits per heavy atom. The number of rotatable bonds is 5. The molecule has 5 nitrogen and oxygen atoms in total. The van der Waals surface area contributed by atoms with Gasteiger partial charge in [-0.2, -0.15) is 9.48 Å². The lowest BCUT2D eigenvalue weighted by Crippen LogP contribution is -2.48. The fourth-order valence-corrected chi connectivity index (χ4v) is 6.72. The van der Waals surface area contributed by atoms with Crippen LogP contribution >= 0.6 is 0 Å². The average molecular weight is 357 g/mol. The molecular weight excluding hydrogens is 318 g/mol. The Morgan fingerprint density at radius 1 is 1.16 bits per heavy atom. The SMILES string of the molecule is C[C@@H](C[C@H]1[C@H](CO)[C@@H](CO)O[N+]1(C)C)[C@@H]1CC[C@H]2C(O)CCC[C@@]21C. The standard InChI is InChI=1S/C20H38NO4/c1-13(10-17-14(11-22)19(12-23)25-21(17,3)4)15-7-8-16-18(24)6-5-9-20(15,16)2/h13-19,22-24H,5-12H2,1-4H3/q+1/t13-,14-,15-,16-,17-,18?,19+,20+/m0/s1. The van der Waals surface area contributed by atoms with Crippen molar-refractivity contribution in [2.45, 2.75) is 70.6 Å². The van der Waals surface area contributed by atoms with Gasteiger partial charge in [0.15, 0.2) is 6.10 Å². The third kappa shape index (κ3) is 3.27. The highest BCUT2D eigenvalue weighted by Crippen LogP contribution is 2.58. The summed E-state index contributed by atoms with van der Waals surface area (Å²) in [6.07, 6.45) is 6.28. The number of fused-ring (bicyclic) bond motifs is 1. The molecule has 5 heteroatoms. The molecule has 2 saturated carbocycles. The first-order valence-electron chi connectivity index (χ1n) is 10.2. The summed E-state index contributed by atoms with van der Waals surface area (Å²) in [5.41, 5.74) is 0.249. The smallest absolute Gasteiger partial charge is 0.150 e. The minimum Gasteiger partial charge on any atom is -0.396 e. The maximum atomic E-state index is 10.5. The third-order valence-corrected chi connectivity index (χ3v) is 8.03. The normalized spacial score (nSPS) is 47.6. The van der Waals surface area contributed by atoms with Crippen molar-refractivity contribution in [2.75, 3.05) is 27.3 Å². The zero-order chi connectivity index (χ0) is 18.4. The predicted octanol–water partition coefficient (Wildman–Crippen LogP) is 1.95. The van der Waals surface area contributed by atoms with E-state index < -0.39 is 0 Å². The topological polar surface area (TPSA) is 69.9 Å². The molecule has 2 aliphatic carbocycles. The maximum Gasteiger partial charge on any atom is 0.150 e. The van der Waals surface area contributed by atoms with E-state index in [0.29, 0.717) is 22.4 Å². The van der Waals surface area contributed by atoms with Crippen LogP contribution in [0.2, 0.25) is 0 Å². The molecule has 25 heavy (non-hydrogen) atoms. The number of hydrogen-bond acceptors (Lipinski definition) is 4. The lowest BCUT2D eigenvalue weighted by atomic mass is 9.61. The Labute approximate surface area is 152 Å². The molecule has 1 saturated heterocycles. The van der Waals surface area contributed by atoms with E-state index in [2.05, 4.69) is 13.8 Å². The highest BCUT2D eigenvalue weighted by atomic mass is 16.7. The summed E-state index contributed by atoms with van der Waals surface area (Å²) < 4.78 is 0.413. The fourth-order valence-electron chi connectivity index (χ4n) is 6.72. The zero-order valence-corrected chi connectivity index (χ0v) is 16.4. The number of hydroxylamine groups is 3. The summed E-state index contributed by atoms with van der Waals surface area (Å²) in [5.74, 6) is 1.59. The molecule has 8 atom stereocenters. The molecule has 1 heterocycles. The molecule has 146 valence electrons. The Bertz CT molecular complexity index is 471. The monoisotopic (exact) mass is 356 g/mol. The van der Waals surface area contributed by atoms with Crippen molar-refractivity contribution in [3.05, 3.63) is 0 Å². The van der Waals surface area contributed by atoms with Crippen LogP contribution in [0.5, 0.6) is 0 Å². The number of aliphatic hydroxyl groups is 3. The number of nitrogens with zero attached hydrogens (tertiary/aromatic N) is 1. The maximum absolute atomic E-state index is 10.5. The van der Waals surface area contributed by atoms with E-state index in [0.717, 1.165) is 25.7 Å². The van der Waals surface area contributed by atoms with E-state index in [9.17, 15) is 15.3 Å². The average Bonchev–Trinajstić information content (AvgIpc) is 3.02. The fraction of sp³-hybridized carbons (Fsp3) is 1.00. The van der Waals surface area contributed by atoms with Crippen molar-refractivity contribution < 1.29 is 24.8 Å². The Kier molecular flexibility index (Phi) is 5.54. The van der Waals surface area contributed by atoms with Gasteiger partial charge in [-0.15, -0.1) is 0 Å². The highest BCUT2D eigenvalue weighted by Gasteiger charge is 2.55. The van der Waals surface area contributed by atoms with Gasteiger partial charge in [0.05, 0.1) is 39.3 Å². The molecule has 1 aliphatic heterocycles. The van der Waals surface area contributed by atoms with Crippen molar-refractivity contribution >= 4 is 0 Å². The van der Waals surface area contributed by atoms with E-state index >= 15 is 0 Å². The second-order valence-corrected chi connectivity index (χ2v) is 9.64. The second-order valence-electron chi connectivity index (χ2n) is 9.64. The van der Waals surface area contributed by atoms with Crippen LogP contribution in [-0.2, 0) is 4.84 Å². The number of aliphatic hydroxyl groups excluding tert-OH is 3. The van der Waals surface area contributed by atoms with E-state index in [1.54, 1.807) is 0 Å². The Balaban J connectivity index is 1.74. The van der Waals surface area contributed by atoms with Gasteiger partial charge in [-0.25, -0.2) is 0 Å². The van der Waals surface area contributed by atoms with Gasteiger partial charge in [0.25, 0.3) is 0 Å². The molecule has 1 unspecified atom stereocenters. The first-order valence-corrected chi connectivity index (χ1v) is 10.2. The van der Waals surface area contributed by atoms with Gasteiger partial charge in [0, 0.05) is 6.42 Å². The van der Waals surface area contributed by atoms with E-state index in [4.69, 9.17) is 4.84 Å². The highest BCUT2D eigenvalue weighted by molar-refractivity contribution is 5.02. The summed E-state index contributed by atoms with van der Waals surface area (Å²) in [4.78, 5) is 6.01. The van der Waals surface area contributed by atoms with Crippen LogP contribution in [0.4, 0.5) is 0 Å². The largest absolute Gasteiger partial charge is 0.396 e. The summed E-state index contributed by atoms with van der Waals surface area (Å²) in [6, 6.07) is 0.202. The minimum absolute atomic E-state index is 0.00981. The van der Waals surface area contributed by atoms with Crippen LogP contribution in [0.1, 0.15) is 52.4 Å². The predicted molar refractivity (Wildman–Crippen MR) is 96.4 cm³/mol. The van der Waals surface area contributed by atoms with E-state index in [1.807, 2.05) is 14.1 Å². The first kappa shape index (κ1) is 19.6. The van der Waals surface area contributed by atoms with Gasteiger partial charge >= 0.3 is 0 Å².